The van der Waals surface area contributed by atoms with Gasteiger partial charge in [0.25, 0.3) is 5.91 Å². The predicted molar refractivity (Wildman–Crippen MR) is 155 cm³/mol. The number of hydrogen-bond donors (Lipinski definition) is 3. The molecule has 1 amide bonds. The molecule has 1 aliphatic heterocycles. The molecule has 1 heterocycles. The topological polar surface area (TPSA) is 146 Å². The first-order chi connectivity index (χ1) is 20.0. The zero-order valence-electron chi connectivity index (χ0n) is 25.1. The first-order valence-corrected chi connectivity index (χ1v) is 13.6. The molecule has 0 bridgehead atoms. The molecule has 3 rings (SSSR count). The van der Waals surface area contributed by atoms with Crippen molar-refractivity contribution in [1.82, 2.24) is 10.9 Å². The number of nitrogens with zero attached hydrogens (tertiary/aromatic N) is 1. The Morgan fingerprint density at radius 2 is 1.69 bits per heavy atom. The Morgan fingerprint density at radius 1 is 1.02 bits per heavy atom. The van der Waals surface area contributed by atoms with Crippen LogP contribution in [0.5, 0.6) is 23.0 Å². The Labute approximate surface area is 246 Å². The Bertz CT molecular complexity index is 1220. The molecule has 1 atom stereocenters. The van der Waals surface area contributed by atoms with Crippen molar-refractivity contribution in [2.24, 2.45) is 4.99 Å². The molecule has 0 saturated carbocycles. The lowest BCUT2D eigenvalue weighted by atomic mass is 9.94. The van der Waals surface area contributed by atoms with Gasteiger partial charge in [0, 0.05) is 43.7 Å². The van der Waals surface area contributed by atoms with Crippen LogP contribution < -0.4 is 29.8 Å². The largest absolute Gasteiger partial charge is 0.496 e. The summed E-state index contributed by atoms with van der Waals surface area (Å²) >= 11 is 0. The first-order valence-electron chi connectivity index (χ1n) is 13.6. The number of esters is 1. The summed E-state index contributed by atoms with van der Waals surface area (Å²) in [4.78, 5) is 30.8. The third-order valence-corrected chi connectivity index (χ3v) is 6.31. The number of aliphatic hydroxyl groups is 1. The van der Waals surface area contributed by atoms with E-state index in [0.717, 1.165) is 0 Å². The molecule has 12 heteroatoms. The molecule has 0 aliphatic carbocycles. The molecular formula is C30H41N3O9. The minimum atomic E-state index is -1.39. The zero-order chi connectivity index (χ0) is 30.8. The monoisotopic (exact) mass is 587 g/mol. The van der Waals surface area contributed by atoms with E-state index in [2.05, 4.69) is 15.8 Å². The van der Waals surface area contributed by atoms with Gasteiger partial charge < -0.3 is 33.5 Å². The average molecular weight is 588 g/mol. The van der Waals surface area contributed by atoms with E-state index in [9.17, 15) is 9.59 Å². The molecule has 0 aromatic heterocycles. The fraction of sp³-hybridized carbons (Fsp3) is 0.500. The maximum absolute atomic E-state index is 13.6. The lowest BCUT2D eigenvalue weighted by Gasteiger charge is -2.25. The molecule has 0 fully saturated rings. The first kappa shape index (κ1) is 32.5. The molecule has 3 N–H and O–H groups in total. The van der Waals surface area contributed by atoms with Crippen LogP contribution in [-0.4, -0.2) is 75.2 Å². The maximum atomic E-state index is 13.6. The Hall–Kier alpha value is -4.03. The third-order valence-electron chi connectivity index (χ3n) is 6.31. The molecule has 0 saturated heterocycles. The highest BCUT2D eigenvalue weighted by Gasteiger charge is 2.45. The Kier molecular flexibility index (Phi) is 11.4. The van der Waals surface area contributed by atoms with Crippen LogP contribution in [0.15, 0.2) is 41.4 Å². The van der Waals surface area contributed by atoms with Gasteiger partial charge in [-0.25, -0.2) is 10.4 Å². The SMILES string of the molecule is COc1cc(OC)c(CNNC(=O)[C@]2(CCC(=O)OC(C)(C)C)COC(c3ccc(OCCCO)cc3)=N2)c(OC)c1. The second-order valence-corrected chi connectivity index (χ2v) is 10.6. The summed E-state index contributed by atoms with van der Waals surface area (Å²) in [7, 11) is 4.60. The lowest BCUT2D eigenvalue weighted by molar-refractivity contribution is -0.155. The summed E-state index contributed by atoms with van der Waals surface area (Å²) in [6.07, 6.45) is 0.554. The highest BCUT2D eigenvalue weighted by molar-refractivity contribution is 6.00. The number of aliphatic imine (C=N–C) groups is 1. The summed E-state index contributed by atoms with van der Waals surface area (Å²) in [6, 6.07) is 10.5. The van der Waals surface area contributed by atoms with E-state index < -0.39 is 23.0 Å². The van der Waals surface area contributed by atoms with Gasteiger partial charge in [0.1, 0.15) is 35.2 Å². The number of ether oxygens (including phenoxy) is 6. The van der Waals surface area contributed by atoms with Crippen LogP contribution in [0.25, 0.3) is 0 Å². The second-order valence-electron chi connectivity index (χ2n) is 10.6. The van der Waals surface area contributed by atoms with E-state index in [-0.39, 0.29) is 38.5 Å². The lowest BCUT2D eigenvalue weighted by Crippen LogP contribution is -2.51. The van der Waals surface area contributed by atoms with Crippen LogP contribution in [0.3, 0.4) is 0 Å². The number of rotatable bonds is 15. The van der Waals surface area contributed by atoms with E-state index in [4.69, 9.17) is 33.5 Å². The normalized spacial score (nSPS) is 16.2. The standard InChI is InChI=1S/C30H41N3O9/c1-29(2,3)42-26(35)12-13-30(19-41-27(32-30)20-8-10-21(11-9-20)40-15-7-14-34)28(36)33-31-18-23-24(38-5)16-22(37-4)17-25(23)39-6/h8-11,16-17,31,34H,7,12-15,18-19H2,1-6H3,(H,33,36)/t30-/m0/s1. The van der Waals surface area contributed by atoms with Gasteiger partial charge in [-0.1, -0.05) is 0 Å². The molecule has 0 unspecified atom stereocenters. The molecular weight excluding hydrogens is 546 g/mol. The van der Waals surface area contributed by atoms with Gasteiger partial charge in [0.05, 0.1) is 33.5 Å². The van der Waals surface area contributed by atoms with Crippen molar-refractivity contribution in [3.05, 3.63) is 47.5 Å². The van der Waals surface area contributed by atoms with Crippen molar-refractivity contribution < 1.29 is 43.1 Å². The molecule has 2 aromatic carbocycles. The van der Waals surface area contributed by atoms with Crippen LogP contribution in [0.1, 0.15) is 51.2 Å². The van der Waals surface area contributed by atoms with Crippen LogP contribution in [-0.2, 0) is 25.6 Å². The van der Waals surface area contributed by atoms with Gasteiger partial charge in [-0.15, -0.1) is 0 Å². The van der Waals surface area contributed by atoms with Gasteiger partial charge in [-0.05, 0) is 51.5 Å². The van der Waals surface area contributed by atoms with Crippen molar-refractivity contribution in [3.63, 3.8) is 0 Å². The van der Waals surface area contributed by atoms with Crippen LogP contribution in [0.2, 0.25) is 0 Å². The van der Waals surface area contributed by atoms with Gasteiger partial charge in [0.2, 0.25) is 5.90 Å². The van der Waals surface area contributed by atoms with E-state index >= 15 is 0 Å². The molecule has 2 aromatic rings. The summed E-state index contributed by atoms with van der Waals surface area (Å²) in [6.45, 7) is 5.89. The molecule has 230 valence electrons. The molecule has 42 heavy (non-hydrogen) atoms. The number of hydrogen-bond acceptors (Lipinski definition) is 11. The van der Waals surface area contributed by atoms with E-state index in [1.807, 2.05) is 0 Å². The van der Waals surface area contributed by atoms with Gasteiger partial charge in [-0.2, -0.15) is 0 Å². The number of nitrogens with one attached hydrogen (secondary N) is 2. The molecule has 12 nitrogen and oxygen atoms in total. The van der Waals surface area contributed by atoms with E-state index in [1.54, 1.807) is 64.3 Å². The van der Waals surface area contributed by atoms with Crippen molar-refractivity contribution in [2.75, 3.05) is 41.2 Å². The minimum absolute atomic E-state index is 0.0391. The number of carbonyl (C=O) groups excluding carboxylic acids is 2. The fourth-order valence-corrected chi connectivity index (χ4v) is 4.18. The van der Waals surface area contributed by atoms with Crippen molar-refractivity contribution >= 4 is 17.8 Å². The Balaban J connectivity index is 1.78. The maximum Gasteiger partial charge on any atom is 0.306 e. The summed E-state index contributed by atoms with van der Waals surface area (Å²) < 4.78 is 33.2. The third kappa shape index (κ3) is 8.73. The van der Waals surface area contributed by atoms with E-state index in [1.165, 1.54) is 14.2 Å². The average Bonchev–Trinajstić information content (AvgIpc) is 3.41. The van der Waals surface area contributed by atoms with Gasteiger partial charge in [0.15, 0.2) is 5.54 Å². The summed E-state index contributed by atoms with van der Waals surface area (Å²) in [5.74, 6) is 1.58. The van der Waals surface area contributed by atoms with Crippen LogP contribution >= 0.6 is 0 Å². The van der Waals surface area contributed by atoms with E-state index in [0.29, 0.717) is 47.2 Å². The minimum Gasteiger partial charge on any atom is -0.496 e. The second kappa shape index (κ2) is 14.7. The number of methoxy groups -OCH3 is 3. The van der Waals surface area contributed by atoms with Crippen molar-refractivity contribution in [3.8, 4) is 23.0 Å². The van der Waals surface area contributed by atoms with Crippen LogP contribution in [0, 0.1) is 0 Å². The van der Waals surface area contributed by atoms with Crippen LogP contribution in [0.4, 0.5) is 0 Å². The number of aliphatic hydroxyl groups excluding tert-OH is 1. The highest BCUT2D eigenvalue weighted by atomic mass is 16.6. The molecule has 0 spiro atoms. The highest BCUT2D eigenvalue weighted by Crippen LogP contribution is 2.34. The summed E-state index contributed by atoms with van der Waals surface area (Å²) in [5.41, 5.74) is 4.91. The number of benzene rings is 2. The number of carbonyl (C=O) groups is 2. The Morgan fingerprint density at radius 3 is 2.26 bits per heavy atom. The van der Waals surface area contributed by atoms with Gasteiger partial charge >= 0.3 is 5.97 Å². The van der Waals surface area contributed by atoms with Crippen molar-refractivity contribution in [2.45, 2.75) is 57.7 Å². The number of hydrazine groups is 1. The summed E-state index contributed by atoms with van der Waals surface area (Å²) in [5, 5.41) is 8.94. The molecule has 1 aliphatic rings. The van der Waals surface area contributed by atoms with Crippen molar-refractivity contribution in [1.29, 1.82) is 0 Å². The van der Waals surface area contributed by atoms with Gasteiger partial charge in [-0.3, -0.25) is 15.0 Å². The fourth-order valence-electron chi connectivity index (χ4n) is 4.18. The zero-order valence-corrected chi connectivity index (χ0v) is 25.1. The quantitative estimate of drug-likeness (QED) is 0.161. The molecule has 0 radical (unpaired) electrons. The number of amides is 1. The smallest absolute Gasteiger partial charge is 0.306 e. The predicted octanol–water partition coefficient (Wildman–Crippen LogP) is 2.93.